The van der Waals surface area contributed by atoms with Gasteiger partial charge in [-0.15, -0.1) is 0 Å². The van der Waals surface area contributed by atoms with Gasteiger partial charge in [0.2, 0.25) is 0 Å². The Kier molecular flexibility index (Phi) is 8.46. The molecule has 2 aliphatic heterocycles. The maximum atomic E-state index is 6.21. The van der Waals surface area contributed by atoms with Gasteiger partial charge in [-0.25, -0.2) is 0 Å². The fraction of sp³-hybridized carbons (Fsp3) is 1.00. The third-order valence-electron chi connectivity index (χ3n) is 4.71. The van der Waals surface area contributed by atoms with E-state index < -0.39 is 30.9 Å². The standard InChI is InChI=1S/C16H30O9/c1-17-9-7-24-16(13(20-4)11(9)19-3)25-12-10(18-2)8-23-15(22-6)14(12)21-5/h9-16H,7-8H2,1-6H3/t9-,10-,11+,12+,13-,14-,15-,16+/m1/s1. The molecule has 0 aliphatic carbocycles. The summed E-state index contributed by atoms with van der Waals surface area (Å²) in [6, 6.07) is 0. The zero-order chi connectivity index (χ0) is 18.4. The maximum Gasteiger partial charge on any atom is 0.187 e. The Labute approximate surface area is 148 Å². The molecule has 148 valence electrons. The Bertz CT molecular complexity index is 383. The molecule has 0 aromatic carbocycles. The van der Waals surface area contributed by atoms with Gasteiger partial charge >= 0.3 is 0 Å². The molecular formula is C16H30O9. The maximum absolute atomic E-state index is 6.21. The summed E-state index contributed by atoms with van der Waals surface area (Å²) >= 11 is 0. The third-order valence-corrected chi connectivity index (χ3v) is 4.71. The molecule has 2 heterocycles. The molecule has 8 atom stereocenters. The number of hydrogen-bond acceptors (Lipinski definition) is 9. The molecule has 2 fully saturated rings. The van der Waals surface area contributed by atoms with Crippen LogP contribution in [0.4, 0.5) is 0 Å². The van der Waals surface area contributed by atoms with Crippen molar-refractivity contribution in [3.05, 3.63) is 0 Å². The second-order valence-corrected chi connectivity index (χ2v) is 5.89. The van der Waals surface area contributed by atoms with Gasteiger partial charge in [-0.05, 0) is 0 Å². The molecule has 2 rings (SSSR count). The average Bonchev–Trinajstić information content (AvgIpc) is 2.66. The van der Waals surface area contributed by atoms with Crippen LogP contribution in [0, 0.1) is 0 Å². The van der Waals surface area contributed by atoms with Crippen LogP contribution in [0.5, 0.6) is 0 Å². The molecule has 0 unspecified atom stereocenters. The monoisotopic (exact) mass is 366 g/mol. The van der Waals surface area contributed by atoms with E-state index in [1.165, 1.54) is 0 Å². The molecule has 0 radical (unpaired) electrons. The first-order chi connectivity index (χ1) is 12.1. The summed E-state index contributed by atoms with van der Waals surface area (Å²) in [6.45, 7) is 0.643. The van der Waals surface area contributed by atoms with E-state index in [0.717, 1.165) is 0 Å². The minimum atomic E-state index is -0.669. The Morgan fingerprint density at radius 2 is 1.00 bits per heavy atom. The first-order valence-corrected chi connectivity index (χ1v) is 8.20. The molecule has 2 saturated heterocycles. The summed E-state index contributed by atoms with van der Waals surface area (Å²) in [7, 11) is 9.52. The zero-order valence-electron chi connectivity index (χ0n) is 15.7. The SMILES string of the molecule is CO[C@@H]1OC[C@@H](OC)[C@H](O[C@@H]2OC[C@@H](OC)[C@H](OC)[C@H]2OC)[C@H]1OC. The lowest BCUT2D eigenvalue weighted by atomic mass is 10.0. The lowest BCUT2D eigenvalue weighted by molar-refractivity contribution is -0.340. The van der Waals surface area contributed by atoms with Crippen LogP contribution in [0.15, 0.2) is 0 Å². The Hall–Kier alpha value is -0.360. The van der Waals surface area contributed by atoms with Crippen molar-refractivity contribution in [2.24, 2.45) is 0 Å². The van der Waals surface area contributed by atoms with Crippen molar-refractivity contribution >= 4 is 0 Å². The predicted octanol–water partition coefficient (Wildman–Crippen LogP) is -0.194. The van der Waals surface area contributed by atoms with E-state index in [1.807, 2.05) is 0 Å². The first kappa shape index (κ1) is 20.9. The van der Waals surface area contributed by atoms with Gasteiger partial charge in [0, 0.05) is 42.7 Å². The van der Waals surface area contributed by atoms with Crippen molar-refractivity contribution in [2.75, 3.05) is 55.9 Å². The number of rotatable bonds is 8. The number of ether oxygens (including phenoxy) is 9. The molecule has 9 nitrogen and oxygen atoms in total. The third kappa shape index (κ3) is 4.49. The summed E-state index contributed by atoms with van der Waals surface area (Å²) in [5.74, 6) is 0. The molecule has 0 bridgehead atoms. The van der Waals surface area contributed by atoms with Crippen LogP contribution in [-0.2, 0) is 42.6 Å². The van der Waals surface area contributed by atoms with Crippen molar-refractivity contribution in [2.45, 2.75) is 49.2 Å². The van der Waals surface area contributed by atoms with Gasteiger partial charge in [0.1, 0.15) is 36.6 Å². The highest BCUT2D eigenvalue weighted by Gasteiger charge is 2.48. The van der Waals surface area contributed by atoms with Gasteiger partial charge in [-0.3, -0.25) is 0 Å². The molecule has 0 N–H and O–H groups in total. The van der Waals surface area contributed by atoms with E-state index in [9.17, 15) is 0 Å². The highest BCUT2D eigenvalue weighted by atomic mass is 16.7. The van der Waals surface area contributed by atoms with E-state index >= 15 is 0 Å². The molecule has 9 heteroatoms. The van der Waals surface area contributed by atoms with Gasteiger partial charge in [0.25, 0.3) is 0 Å². The topological polar surface area (TPSA) is 83.1 Å². The second kappa shape index (κ2) is 10.1. The van der Waals surface area contributed by atoms with E-state index in [4.69, 9.17) is 42.6 Å². The van der Waals surface area contributed by atoms with Gasteiger partial charge < -0.3 is 42.6 Å². The molecule has 25 heavy (non-hydrogen) atoms. The summed E-state index contributed by atoms with van der Waals surface area (Å²) in [5, 5.41) is 0. The van der Waals surface area contributed by atoms with Crippen LogP contribution in [-0.4, -0.2) is 105 Å². The van der Waals surface area contributed by atoms with Crippen LogP contribution in [0.3, 0.4) is 0 Å². The fourth-order valence-electron chi connectivity index (χ4n) is 3.31. The van der Waals surface area contributed by atoms with Crippen molar-refractivity contribution in [3.8, 4) is 0 Å². The summed E-state index contributed by atoms with van der Waals surface area (Å²) in [6.07, 6.45) is -3.55. The smallest absolute Gasteiger partial charge is 0.187 e. The van der Waals surface area contributed by atoms with Gasteiger partial charge in [0.05, 0.1) is 13.2 Å². The average molecular weight is 366 g/mol. The zero-order valence-corrected chi connectivity index (χ0v) is 15.7. The van der Waals surface area contributed by atoms with E-state index in [1.54, 1.807) is 42.7 Å². The number of hydrogen-bond donors (Lipinski definition) is 0. The van der Waals surface area contributed by atoms with E-state index in [-0.39, 0.29) is 18.3 Å². The Morgan fingerprint density at radius 1 is 0.520 bits per heavy atom. The highest BCUT2D eigenvalue weighted by Crippen LogP contribution is 2.29. The largest absolute Gasteiger partial charge is 0.376 e. The van der Waals surface area contributed by atoms with Crippen LogP contribution >= 0.6 is 0 Å². The molecular weight excluding hydrogens is 336 g/mol. The highest BCUT2D eigenvalue weighted by molar-refractivity contribution is 4.91. The summed E-state index contributed by atoms with van der Waals surface area (Å²) < 4.78 is 50.5. The Morgan fingerprint density at radius 3 is 1.48 bits per heavy atom. The normalized spacial score (nSPS) is 42.5. The molecule has 0 spiro atoms. The van der Waals surface area contributed by atoms with Gasteiger partial charge in [-0.1, -0.05) is 0 Å². The van der Waals surface area contributed by atoms with Crippen molar-refractivity contribution in [1.29, 1.82) is 0 Å². The van der Waals surface area contributed by atoms with Crippen LogP contribution in [0.25, 0.3) is 0 Å². The van der Waals surface area contributed by atoms with Crippen LogP contribution in [0.1, 0.15) is 0 Å². The van der Waals surface area contributed by atoms with Crippen molar-refractivity contribution in [3.63, 3.8) is 0 Å². The van der Waals surface area contributed by atoms with Crippen LogP contribution in [0.2, 0.25) is 0 Å². The van der Waals surface area contributed by atoms with Gasteiger partial charge in [-0.2, -0.15) is 0 Å². The summed E-state index contributed by atoms with van der Waals surface area (Å²) in [4.78, 5) is 0. The minimum Gasteiger partial charge on any atom is -0.376 e. The molecule has 2 aliphatic rings. The first-order valence-electron chi connectivity index (χ1n) is 8.20. The number of methoxy groups -OCH3 is 6. The van der Waals surface area contributed by atoms with E-state index in [0.29, 0.717) is 13.2 Å². The molecule has 0 saturated carbocycles. The van der Waals surface area contributed by atoms with Crippen molar-refractivity contribution in [1.82, 2.24) is 0 Å². The fourth-order valence-corrected chi connectivity index (χ4v) is 3.31. The van der Waals surface area contributed by atoms with E-state index in [2.05, 4.69) is 0 Å². The minimum absolute atomic E-state index is 0.243. The molecule has 0 aromatic heterocycles. The lowest BCUT2D eigenvalue weighted by Crippen LogP contribution is -2.61. The quantitative estimate of drug-likeness (QED) is 0.580. The molecule has 0 amide bonds. The Balaban J connectivity index is 2.15. The van der Waals surface area contributed by atoms with Crippen LogP contribution < -0.4 is 0 Å². The predicted molar refractivity (Wildman–Crippen MR) is 85.3 cm³/mol. The lowest BCUT2D eigenvalue weighted by Gasteiger charge is -2.45. The van der Waals surface area contributed by atoms with Crippen molar-refractivity contribution < 1.29 is 42.6 Å². The summed E-state index contributed by atoms with van der Waals surface area (Å²) in [5.41, 5.74) is 0. The molecule has 0 aromatic rings. The second-order valence-electron chi connectivity index (χ2n) is 5.89. The van der Waals surface area contributed by atoms with Gasteiger partial charge in [0.15, 0.2) is 12.6 Å².